The molecular weight excluding hydrogens is 412 g/mol. The third-order valence-corrected chi connectivity index (χ3v) is 6.16. The Bertz CT molecular complexity index is 1080. The number of anilines is 1. The number of nitrogens with one attached hydrogen (secondary N) is 1. The minimum absolute atomic E-state index is 0.0552. The molecule has 3 heterocycles. The molecule has 1 aromatic carbocycles. The molecule has 31 heavy (non-hydrogen) atoms. The SMILES string of the molecule is Cc1nc(SCc2ccccc2)[nH]c(=O)c1CC(=O)N1CCN(c2ncccn2)CC1. The van der Waals surface area contributed by atoms with Gasteiger partial charge in [0.05, 0.1) is 6.42 Å². The number of nitrogens with zero attached hydrogens (tertiary/aromatic N) is 5. The van der Waals surface area contributed by atoms with E-state index in [1.807, 2.05) is 30.3 Å². The van der Waals surface area contributed by atoms with Crippen LogP contribution in [0.4, 0.5) is 5.95 Å². The highest BCUT2D eigenvalue weighted by Crippen LogP contribution is 2.19. The van der Waals surface area contributed by atoms with Gasteiger partial charge in [0.1, 0.15) is 0 Å². The minimum Gasteiger partial charge on any atom is -0.339 e. The zero-order chi connectivity index (χ0) is 21.6. The van der Waals surface area contributed by atoms with Crippen LogP contribution in [-0.2, 0) is 17.0 Å². The summed E-state index contributed by atoms with van der Waals surface area (Å²) in [6.45, 7) is 4.27. The van der Waals surface area contributed by atoms with Crippen LogP contribution in [0, 0.1) is 6.92 Å². The molecule has 9 heteroatoms. The van der Waals surface area contributed by atoms with E-state index in [0.29, 0.717) is 48.5 Å². The van der Waals surface area contributed by atoms with Crippen molar-refractivity contribution in [2.75, 3.05) is 31.1 Å². The number of piperazine rings is 1. The number of carbonyl (C=O) groups excluding carboxylic acids is 1. The normalized spacial score (nSPS) is 14.0. The molecule has 1 aliphatic heterocycles. The van der Waals surface area contributed by atoms with Gasteiger partial charge < -0.3 is 14.8 Å². The van der Waals surface area contributed by atoms with Crippen LogP contribution < -0.4 is 10.5 Å². The molecular formula is C22H24N6O2S. The zero-order valence-electron chi connectivity index (χ0n) is 17.3. The van der Waals surface area contributed by atoms with Gasteiger partial charge in [0.2, 0.25) is 11.9 Å². The standard InChI is InChI=1S/C22H24N6O2S/c1-16-18(20(30)26-22(25-16)31-15-17-6-3-2-4-7-17)14-19(29)27-10-12-28(13-11-27)21-23-8-5-9-24-21/h2-9H,10-15H2,1H3,(H,25,26,30). The summed E-state index contributed by atoms with van der Waals surface area (Å²) in [5.41, 5.74) is 1.95. The molecule has 0 aliphatic carbocycles. The van der Waals surface area contributed by atoms with Crippen LogP contribution in [0.3, 0.4) is 0 Å². The summed E-state index contributed by atoms with van der Waals surface area (Å²) in [5.74, 6) is 1.33. The fourth-order valence-corrected chi connectivity index (χ4v) is 4.32. The van der Waals surface area contributed by atoms with Gasteiger partial charge in [-0.2, -0.15) is 0 Å². The predicted octanol–water partition coefficient (Wildman–Crippen LogP) is 2.05. The Morgan fingerprint density at radius 2 is 1.77 bits per heavy atom. The first-order chi connectivity index (χ1) is 15.1. The number of aryl methyl sites for hydroxylation is 1. The third kappa shape index (κ3) is 5.29. The lowest BCUT2D eigenvalue weighted by atomic mass is 10.1. The Labute approximate surface area is 184 Å². The fourth-order valence-electron chi connectivity index (χ4n) is 3.46. The summed E-state index contributed by atoms with van der Waals surface area (Å²) >= 11 is 1.48. The van der Waals surface area contributed by atoms with E-state index < -0.39 is 0 Å². The molecule has 1 amide bonds. The number of thioether (sulfide) groups is 1. The van der Waals surface area contributed by atoms with Crippen molar-refractivity contribution in [2.45, 2.75) is 24.3 Å². The van der Waals surface area contributed by atoms with E-state index in [1.165, 1.54) is 11.8 Å². The van der Waals surface area contributed by atoms with Crippen molar-refractivity contribution >= 4 is 23.6 Å². The van der Waals surface area contributed by atoms with E-state index in [2.05, 4.69) is 24.8 Å². The molecule has 1 fully saturated rings. The van der Waals surface area contributed by atoms with Crippen molar-refractivity contribution < 1.29 is 4.79 Å². The average molecular weight is 437 g/mol. The van der Waals surface area contributed by atoms with Gasteiger partial charge in [-0.15, -0.1) is 0 Å². The molecule has 3 aromatic rings. The summed E-state index contributed by atoms with van der Waals surface area (Å²) < 4.78 is 0. The highest BCUT2D eigenvalue weighted by Gasteiger charge is 2.24. The third-order valence-electron chi connectivity index (χ3n) is 5.21. The lowest BCUT2D eigenvalue weighted by Crippen LogP contribution is -2.50. The van der Waals surface area contributed by atoms with Gasteiger partial charge in [0, 0.05) is 55.6 Å². The Balaban J connectivity index is 1.35. The van der Waals surface area contributed by atoms with Gasteiger partial charge in [-0.3, -0.25) is 9.59 Å². The van der Waals surface area contributed by atoms with Crippen molar-refractivity contribution in [3.05, 3.63) is 76.0 Å². The number of carbonyl (C=O) groups is 1. The van der Waals surface area contributed by atoms with Crippen LogP contribution in [0.1, 0.15) is 16.8 Å². The van der Waals surface area contributed by atoms with Crippen molar-refractivity contribution in [2.24, 2.45) is 0 Å². The Morgan fingerprint density at radius 1 is 1.06 bits per heavy atom. The first-order valence-corrected chi connectivity index (χ1v) is 11.1. The molecule has 4 rings (SSSR count). The average Bonchev–Trinajstić information content (AvgIpc) is 2.81. The van der Waals surface area contributed by atoms with Gasteiger partial charge >= 0.3 is 0 Å². The quantitative estimate of drug-likeness (QED) is 0.467. The molecule has 1 aliphatic rings. The predicted molar refractivity (Wildman–Crippen MR) is 120 cm³/mol. The maximum absolute atomic E-state index is 12.8. The summed E-state index contributed by atoms with van der Waals surface area (Å²) in [5, 5.41) is 0.569. The second kappa shape index (κ2) is 9.74. The Hall–Kier alpha value is -3.20. The van der Waals surface area contributed by atoms with Gasteiger partial charge in [0.25, 0.3) is 5.56 Å². The number of hydrogen-bond acceptors (Lipinski definition) is 7. The number of benzene rings is 1. The van der Waals surface area contributed by atoms with Gasteiger partial charge in [-0.25, -0.2) is 15.0 Å². The van der Waals surface area contributed by atoms with E-state index in [1.54, 1.807) is 30.3 Å². The number of rotatable bonds is 6. The lowest BCUT2D eigenvalue weighted by molar-refractivity contribution is -0.130. The Morgan fingerprint density at radius 3 is 2.45 bits per heavy atom. The van der Waals surface area contributed by atoms with Crippen LogP contribution in [0.2, 0.25) is 0 Å². The molecule has 0 atom stereocenters. The number of hydrogen-bond donors (Lipinski definition) is 1. The van der Waals surface area contributed by atoms with E-state index >= 15 is 0 Å². The fraction of sp³-hybridized carbons (Fsp3) is 0.318. The lowest BCUT2D eigenvalue weighted by Gasteiger charge is -2.34. The van der Waals surface area contributed by atoms with Crippen molar-refractivity contribution in [3.8, 4) is 0 Å². The highest BCUT2D eigenvalue weighted by atomic mass is 32.2. The molecule has 160 valence electrons. The number of aromatic amines is 1. The first kappa shape index (κ1) is 21.0. The number of H-pyrrole nitrogens is 1. The molecule has 2 aromatic heterocycles. The molecule has 0 bridgehead atoms. The van der Waals surface area contributed by atoms with Gasteiger partial charge in [-0.1, -0.05) is 42.1 Å². The largest absolute Gasteiger partial charge is 0.339 e. The van der Waals surface area contributed by atoms with Crippen LogP contribution in [-0.4, -0.2) is 56.9 Å². The molecule has 0 unspecified atom stereocenters. The monoisotopic (exact) mass is 436 g/mol. The second-order valence-electron chi connectivity index (χ2n) is 7.30. The van der Waals surface area contributed by atoms with Crippen LogP contribution in [0.25, 0.3) is 0 Å². The first-order valence-electron chi connectivity index (χ1n) is 10.2. The highest BCUT2D eigenvalue weighted by molar-refractivity contribution is 7.98. The number of amides is 1. The summed E-state index contributed by atoms with van der Waals surface area (Å²) in [6, 6.07) is 11.8. The van der Waals surface area contributed by atoms with Gasteiger partial charge in [0.15, 0.2) is 5.16 Å². The van der Waals surface area contributed by atoms with Crippen LogP contribution in [0.5, 0.6) is 0 Å². The molecule has 8 nitrogen and oxygen atoms in total. The maximum atomic E-state index is 12.8. The van der Waals surface area contributed by atoms with Crippen molar-refractivity contribution in [3.63, 3.8) is 0 Å². The van der Waals surface area contributed by atoms with Crippen molar-refractivity contribution in [1.82, 2.24) is 24.8 Å². The van der Waals surface area contributed by atoms with E-state index in [9.17, 15) is 9.59 Å². The Kier molecular flexibility index (Phi) is 6.61. The molecule has 0 saturated carbocycles. The smallest absolute Gasteiger partial charge is 0.255 e. The summed E-state index contributed by atoms with van der Waals surface area (Å²) in [7, 11) is 0. The maximum Gasteiger partial charge on any atom is 0.255 e. The van der Waals surface area contributed by atoms with Gasteiger partial charge in [-0.05, 0) is 18.6 Å². The van der Waals surface area contributed by atoms with E-state index in [-0.39, 0.29) is 17.9 Å². The zero-order valence-corrected chi connectivity index (χ0v) is 18.1. The van der Waals surface area contributed by atoms with E-state index in [0.717, 1.165) is 11.3 Å². The second-order valence-corrected chi connectivity index (χ2v) is 8.27. The molecule has 1 N–H and O–H groups in total. The topological polar surface area (TPSA) is 95.1 Å². The van der Waals surface area contributed by atoms with Crippen LogP contribution >= 0.6 is 11.8 Å². The molecule has 0 spiro atoms. The van der Waals surface area contributed by atoms with Crippen LogP contribution in [0.15, 0.2) is 58.7 Å². The molecule has 0 radical (unpaired) electrons. The molecule has 1 saturated heterocycles. The number of aromatic nitrogens is 4. The summed E-state index contributed by atoms with van der Waals surface area (Å²) in [4.78, 5) is 45.1. The summed E-state index contributed by atoms with van der Waals surface area (Å²) in [6.07, 6.45) is 3.48. The minimum atomic E-state index is -0.243. The van der Waals surface area contributed by atoms with E-state index in [4.69, 9.17) is 0 Å². The van der Waals surface area contributed by atoms with Crippen molar-refractivity contribution in [1.29, 1.82) is 0 Å².